The maximum Gasteiger partial charge on any atom is 0.252 e. The molecule has 1 aliphatic rings. The Bertz CT molecular complexity index is 465. The van der Waals surface area contributed by atoms with Gasteiger partial charge >= 0.3 is 0 Å². The van der Waals surface area contributed by atoms with Crippen molar-refractivity contribution in [2.24, 2.45) is 5.73 Å². The zero-order chi connectivity index (χ0) is 13.9. The summed E-state index contributed by atoms with van der Waals surface area (Å²) in [5, 5.41) is 3.11. The Morgan fingerprint density at radius 3 is 2.63 bits per heavy atom. The maximum absolute atomic E-state index is 12.4. The molecule has 19 heavy (non-hydrogen) atoms. The van der Waals surface area contributed by atoms with E-state index in [9.17, 15) is 4.79 Å². The molecular formula is C15H22N2O2. The van der Waals surface area contributed by atoms with E-state index in [2.05, 4.69) is 5.32 Å². The molecule has 0 bridgehead atoms. The number of benzene rings is 1. The van der Waals surface area contributed by atoms with E-state index >= 15 is 0 Å². The first-order valence-corrected chi connectivity index (χ1v) is 6.74. The molecular weight excluding hydrogens is 240 g/mol. The third-order valence-corrected chi connectivity index (χ3v) is 3.85. The van der Waals surface area contributed by atoms with Crippen LogP contribution in [0.5, 0.6) is 0 Å². The molecule has 1 aromatic carbocycles. The van der Waals surface area contributed by atoms with Gasteiger partial charge in [-0.1, -0.05) is 17.7 Å². The fourth-order valence-corrected chi connectivity index (χ4v) is 2.52. The monoisotopic (exact) mass is 262 g/mol. The minimum Gasteiger partial charge on any atom is -0.381 e. The number of aryl methyl sites for hydroxylation is 2. The van der Waals surface area contributed by atoms with Crippen molar-refractivity contribution in [2.45, 2.75) is 32.2 Å². The number of hydrogen-bond acceptors (Lipinski definition) is 3. The second kappa shape index (κ2) is 5.72. The summed E-state index contributed by atoms with van der Waals surface area (Å²) >= 11 is 0. The van der Waals surface area contributed by atoms with Crippen molar-refractivity contribution in [3.8, 4) is 0 Å². The molecule has 1 saturated heterocycles. The van der Waals surface area contributed by atoms with Gasteiger partial charge in [0.2, 0.25) is 0 Å². The van der Waals surface area contributed by atoms with E-state index in [1.54, 1.807) is 0 Å². The molecule has 0 atom stereocenters. The van der Waals surface area contributed by atoms with Crippen LogP contribution in [0.2, 0.25) is 0 Å². The molecule has 3 N–H and O–H groups in total. The van der Waals surface area contributed by atoms with E-state index < -0.39 is 0 Å². The second-order valence-electron chi connectivity index (χ2n) is 5.37. The summed E-state index contributed by atoms with van der Waals surface area (Å²) in [7, 11) is 0. The van der Waals surface area contributed by atoms with Crippen molar-refractivity contribution >= 4 is 5.91 Å². The zero-order valence-electron chi connectivity index (χ0n) is 11.7. The molecule has 0 saturated carbocycles. The van der Waals surface area contributed by atoms with Gasteiger partial charge < -0.3 is 15.8 Å². The van der Waals surface area contributed by atoms with Crippen LogP contribution in [0, 0.1) is 13.8 Å². The summed E-state index contributed by atoms with van der Waals surface area (Å²) < 4.78 is 5.35. The highest BCUT2D eigenvalue weighted by Gasteiger charge is 2.33. The molecule has 1 amide bonds. The van der Waals surface area contributed by atoms with Crippen molar-refractivity contribution < 1.29 is 9.53 Å². The van der Waals surface area contributed by atoms with Crippen LogP contribution < -0.4 is 11.1 Å². The molecule has 1 fully saturated rings. The molecule has 2 rings (SSSR count). The third kappa shape index (κ3) is 3.14. The quantitative estimate of drug-likeness (QED) is 0.868. The van der Waals surface area contributed by atoms with Gasteiger partial charge in [0.25, 0.3) is 5.91 Å². The van der Waals surface area contributed by atoms with Crippen LogP contribution in [0.25, 0.3) is 0 Å². The predicted molar refractivity (Wildman–Crippen MR) is 75.2 cm³/mol. The lowest BCUT2D eigenvalue weighted by Gasteiger charge is -2.37. The molecule has 0 unspecified atom stereocenters. The smallest absolute Gasteiger partial charge is 0.252 e. The normalized spacial score (nSPS) is 18.1. The summed E-state index contributed by atoms with van der Waals surface area (Å²) in [4.78, 5) is 12.4. The molecule has 1 aliphatic heterocycles. The highest BCUT2D eigenvalue weighted by atomic mass is 16.5. The minimum absolute atomic E-state index is 0.0372. The lowest BCUT2D eigenvalue weighted by atomic mass is 9.89. The highest BCUT2D eigenvalue weighted by molar-refractivity contribution is 5.96. The van der Waals surface area contributed by atoms with Crippen LogP contribution in [0.3, 0.4) is 0 Å². The Morgan fingerprint density at radius 2 is 2.05 bits per heavy atom. The average molecular weight is 262 g/mol. The number of hydrogen-bond donors (Lipinski definition) is 2. The van der Waals surface area contributed by atoms with E-state index in [-0.39, 0.29) is 11.4 Å². The number of amides is 1. The highest BCUT2D eigenvalue weighted by Crippen LogP contribution is 2.21. The van der Waals surface area contributed by atoms with E-state index in [0.717, 1.165) is 29.5 Å². The molecule has 0 aromatic heterocycles. The number of ether oxygens (including phenoxy) is 1. The second-order valence-corrected chi connectivity index (χ2v) is 5.37. The largest absolute Gasteiger partial charge is 0.381 e. The van der Waals surface area contributed by atoms with Crippen LogP contribution in [-0.2, 0) is 4.74 Å². The first kappa shape index (κ1) is 14.0. The van der Waals surface area contributed by atoms with Crippen LogP contribution in [0.1, 0.15) is 34.3 Å². The van der Waals surface area contributed by atoms with Crippen LogP contribution in [-0.4, -0.2) is 31.2 Å². The van der Waals surface area contributed by atoms with Gasteiger partial charge in [-0.3, -0.25) is 4.79 Å². The Morgan fingerprint density at radius 1 is 1.37 bits per heavy atom. The van der Waals surface area contributed by atoms with Crippen molar-refractivity contribution in [3.63, 3.8) is 0 Å². The summed E-state index contributed by atoms with van der Waals surface area (Å²) in [6, 6.07) is 5.86. The van der Waals surface area contributed by atoms with Crippen molar-refractivity contribution in [3.05, 3.63) is 34.9 Å². The molecule has 104 valence electrons. The van der Waals surface area contributed by atoms with Crippen molar-refractivity contribution in [2.75, 3.05) is 19.8 Å². The summed E-state index contributed by atoms with van der Waals surface area (Å²) in [6.45, 7) is 5.75. The van der Waals surface area contributed by atoms with E-state index in [1.807, 2.05) is 32.0 Å². The first-order chi connectivity index (χ1) is 9.06. The lowest BCUT2D eigenvalue weighted by Crippen LogP contribution is -2.56. The van der Waals surface area contributed by atoms with E-state index in [1.165, 1.54) is 0 Å². The van der Waals surface area contributed by atoms with Gasteiger partial charge in [-0.25, -0.2) is 0 Å². The summed E-state index contributed by atoms with van der Waals surface area (Å²) in [5.41, 5.74) is 8.43. The topological polar surface area (TPSA) is 64.4 Å². The van der Waals surface area contributed by atoms with Gasteiger partial charge in [0, 0.05) is 25.3 Å². The molecule has 4 heteroatoms. The molecule has 4 nitrogen and oxygen atoms in total. The fourth-order valence-electron chi connectivity index (χ4n) is 2.52. The van der Waals surface area contributed by atoms with E-state index in [4.69, 9.17) is 10.5 Å². The maximum atomic E-state index is 12.4. The summed E-state index contributed by atoms with van der Waals surface area (Å²) in [5.74, 6) is -0.0372. The molecule has 0 spiro atoms. The Kier molecular flexibility index (Phi) is 4.22. The van der Waals surface area contributed by atoms with E-state index in [0.29, 0.717) is 19.8 Å². The van der Waals surface area contributed by atoms with Gasteiger partial charge in [-0.05, 0) is 38.3 Å². The van der Waals surface area contributed by atoms with Gasteiger partial charge in [0.15, 0.2) is 0 Å². The van der Waals surface area contributed by atoms with Crippen LogP contribution in [0.4, 0.5) is 0 Å². The van der Waals surface area contributed by atoms with Gasteiger partial charge in [0.05, 0.1) is 5.54 Å². The Labute approximate surface area is 114 Å². The molecule has 1 aromatic rings. The standard InChI is InChI=1S/C15H22N2O2/c1-11-3-4-13(12(2)9-11)14(18)17-15(10-16)5-7-19-8-6-15/h3-4,9H,5-8,10,16H2,1-2H3,(H,17,18). The Hall–Kier alpha value is -1.39. The lowest BCUT2D eigenvalue weighted by molar-refractivity contribution is 0.0388. The third-order valence-electron chi connectivity index (χ3n) is 3.85. The number of carbonyl (C=O) groups excluding carboxylic acids is 1. The number of carbonyl (C=O) groups is 1. The Balaban J connectivity index is 2.15. The average Bonchev–Trinajstić information content (AvgIpc) is 2.39. The van der Waals surface area contributed by atoms with Crippen molar-refractivity contribution in [1.82, 2.24) is 5.32 Å². The fraction of sp³-hybridized carbons (Fsp3) is 0.533. The number of nitrogens with two attached hydrogens (primary N) is 1. The predicted octanol–water partition coefficient (Wildman–Crippen LogP) is 1.54. The molecule has 0 aliphatic carbocycles. The number of rotatable bonds is 3. The summed E-state index contributed by atoms with van der Waals surface area (Å²) in [6.07, 6.45) is 1.56. The SMILES string of the molecule is Cc1ccc(C(=O)NC2(CN)CCOCC2)c(C)c1. The van der Waals surface area contributed by atoms with Crippen LogP contribution >= 0.6 is 0 Å². The molecule has 1 heterocycles. The van der Waals surface area contributed by atoms with Crippen LogP contribution in [0.15, 0.2) is 18.2 Å². The van der Waals surface area contributed by atoms with Gasteiger partial charge in [-0.15, -0.1) is 0 Å². The minimum atomic E-state index is -0.313. The first-order valence-electron chi connectivity index (χ1n) is 6.74. The van der Waals surface area contributed by atoms with Crippen molar-refractivity contribution in [1.29, 1.82) is 0 Å². The molecule has 0 radical (unpaired) electrons. The van der Waals surface area contributed by atoms with Gasteiger partial charge in [-0.2, -0.15) is 0 Å². The zero-order valence-corrected chi connectivity index (χ0v) is 11.7. The number of nitrogens with one attached hydrogen (secondary N) is 1. The van der Waals surface area contributed by atoms with Gasteiger partial charge in [0.1, 0.15) is 0 Å².